The minimum absolute atomic E-state index is 0.00639. The fourth-order valence-electron chi connectivity index (χ4n) is 1.03. The molecule has 0 aliphatic heterocycles. The second kappa shape index (κ2) is 3.88. The molecule has 6 heteroatoms. The Hall–Kier alpha value is -1.23. The van der Waals surface area contributed by atoms with Gasteiger partial charge in [0.05, 0.1) is 5.69 Å². The average Bonchev–Trinajstić information content (AvgIpc) is 2.02. The standard InChI is InChI=1S/C8H7ClF2N2O/c1-3-2-4(12)6(7(9)14)13-5(3)8(10)11/h2,8H,12H2,1H3. The number of hydrogen-bond acceptors (Lipinski definition) is 3. The summed E-state index contributed by atoms with van der Waals surface area (Å²) in [5, 5.41) is -0.940. The maximum atomic E-state index is 12.3. The third-order valence-electron chi connectivity index (χ3n) is 1.67. The van der Waals surface area contributed by atoms with Gasteiger partial charge in [-0.05, 0) is 30.2 Å². The molecule has 0 radical (unpaired) electrons. The number of carbonyl (C=O) groups is 1. The van der Waals surface area contributed by atoms with Crippen LogP contribution < -0.4 is 5.73 Å². The Morgan fingerprint density at radius 1 is 1.64 bits per heavy atom. The summed E-state index contributed by atoms with van der Waals surface area (Å²) in [5.74, 6) is 0. The molecule has 0 atom stereocenters. The number of pyridine rings is 1. The van der Waals surface area contributed by atoms with Gasteiger partial charge in [0, 0.05) is 0 Å². The molecule has 2 N–H and O–H groups in total. The maximum absolute atomic E-state index is 12.3. The highest BCUT2D eigenvalue weighted by Crippen LogP contribution is 2.24. The number of anilines is 1. The summed E-state index contributed by atoms with van der Waals surface area (Å²) in [5.41, 5.74) is 4.82. The first-order valence-electron chi connectivity index (χ1n) is 3.68. The first-order chi connectivity index (χ1) is 6.43. The molecule has 76 valence electrons. The quantitative estimate of drug-likeness (QED) is 0.778. The van der Waals surface area contributed by atoms with Crippen molar-refractivity contribution < 1.29 is 13.6 Å². The zero-order valence-corrected chi connectivity index (χ0v) is 7.98. The number of rotatable bonds is 2. The highest BCUT2D eigenvalue weighted by Gasteiger charge is 2.18. The largest absolute Gasteiger partial charge is 0.397 e. The Labute approximate surface area is 83.9 Å². The van der Waals surface area contributed by atoms with Crippen molar-refractivity contribution in [2.75, 3.05) is 5.73 Å². The fraction of sp³-hybridized carbons (Fsp3) is 0.250. The lowest BCUT2D eigenvalue weighted by Crippen LogP contribution is -2.06. The van der Waals surface area contributed by atoms with E-state index in [0.29, 0.717) is 0 Å². The van der Waals surface area contributed by atoms with Crippen LogP contribution in [0.5, 0.6) is 0 Å². The Kier molecular flexibility index (Phi) is 3.00. The van der Waals surface area contributed by atoms with E-state index in [4.69, 9.17) is 17.3 Å². The van der Waals surface area contributed by atoms with E-state index >= 15 is 0 Å². The summed E-state index contributed by atoms with van der Waals surface area (Å²) < 4.78 is 24.7. The van der Waals surface area contributed by atoms with Crippen LogP contribution >= 0.6 is 11.6 Å². The number of carbonyl (C=O) groups excluding carboxylic acids is 1. The number of halogens is 3. The van der Waals surface area contributed by atoms with Crippen molar-refractivity contribution in [1.82, 2.24) is 4.98 Å². The Bertz CT molecular complexity index is 382. The van der Waals surface area contributed by atoms with Crippen LogP contribution in [0.15, 0.2) is 6.07 Å². The second-order valence-corrected chi connectivity index (χ2v) is 3.05. The van der Waals surface area contributed by atoms with Crippen LogP contribution in [0, 0.1) is 6.92 Å². The second-order valence-electron chi connectivity index (χ2n) is 2.70. The Morgan fingerprint density at radius 2 is 2.21 bits per heavy atom. The van der Waals surface area contributed by atoms with Gasteiger partial charge >= 0.3 is 0 Å². The first-order valence-corrected chi connectivity index (χ1v) is 4.06. The van der Waals surface area contributed by atoms with Gasteiger partial charge in [0.2, 0.25) is 0 Å². The van der Waals surface area contributed by atoms with Crippen LogP contribution in [0.4, 0.5) is 14.5 Å². The zero-order chi connectivity index (χ0) is 10.9. The number of nitrogens with zero attached hydrogens (tertiary/aromatic N) is 1. The van der Waals surface area contributed by atoms with Crippen LogP contribution in [-0.4, -0.2) is 10.2 Å². The summed E-state index contributed by atoms with van der Waals surface area (Å²) >= 11 is 5.11. The Morgan fingerprint density at radius 3 is 2.64 bits per heavy atom. The maximum Gasteiger partial charge on any atom is 0.280 e. The van der Waals surface area contributed by atoms with Crippen LogP contribution in [0.25, 0.3) is 0 Å². The molecule has 0 saturated heterocycles. The molecule has 0 aliphatic carbocycles. The summed E-state index contributed by atoms with van der Waals surface area (Å²) in [6, 6.07) is 1.25. The predicted octanol–water partition coefficient (Wildman–Crippen LogP) is 2.29. The summed E-state index contributed by atoms with van der Waals surface area (Å²) in [6.07, 6.45) is -2.75. The molecule has 0 bridgehead atoms. The van der Waals surface area contributed by atoms with Crippen molar-refractivity contribution in [2.24, 2.45) is 0 Å². The Balaban J connectivity index is 3.34. The third-order valence-corrected chi connectivity index (χ3v) is 1.85. The predicted molar refractivity (Wildman–Crippen MR) is 48.5 cm³/mol. The molecule has 0 saturated carbocycles. The van der Waals surface area contributed by atoms with Gasteiger partial charge in [-0.1, -0.05) is 0 Å². The van der Waals surface area contributed by atoms with Crippen molar-refractivity contribution in [3.05, 3.63) is 23.0 Å². The van der Waals surface area contributed by atoms with Crippen molar-refractivity contribution >= 4 is 22.5 Å². The molecule has 0 spiro atoms. The van der Waals surface area contributed by atoms with Crippen LogP contribution in [-0.2, 0) is 0 Å². The fourth-order valence-corrected chi connectivity index (χ4v) is 1.18. The van der Waals surface area contributed by atoms with Crippen LogP contribution in [0.1, 0.15) is 28.2 Å². The molecular formula is C8H7ClF2N2O. The van der Waals surface area contributed by atoms with Gasteiger partial charge in [-0.2, -0.15) is 0 Å². The normalized spacial score (nSPS) is 10.6. The smallest absolute Gasteiger partial charge is 0.280 e. The van der Waals surface area contributed by atoms with E-state index in [9.17, 15) is 13.6 Å². The van der Waals surface area contributed by atoms with Crippen molar-refractivity contribution in [3.63, 3.8) is 0 Å². The number of aromatic nitrogens is 1. The molecule has 0 fully saturated rings. The highest BCUT2D eigenvalue weighted by atomic mass is 35.5. The number of hydrogen-bond donors (Lipinski definition) is 1. The molecule has 14 heavy (non-hydrogen) atoms. The van der Waals surface area contributed by atoms with Gasteiger partial charge < -0.3 is 5.73 Å². The minimum Gasteiger partial charge on any atom is -0.397 e. The van der Waals surface area contributed by atoms with Crippen molar-refractivity contribution in [1.29, 1.82) is 0 Å². The lowest BCUT2D eigenvalue weighted by molar-refractivity contribution is 0.107. The molecule has 0 amide bonds. The molecule has 3 nitrogen and oxygen atoms in total. The summed E-state index contributed by atoms with van der Waals surface area (Å²) in [7, 11) is 0. The molecule has 0 unspecified atom stereocenters. The van der Waals surface area contributed by atoms with E-state index in [1.54, 1.807) is 0 Å². The van der Waals surface area contributed by atoms with E-state index in [1.807, 2.05) is 0 Å². The minimum atomic E-state index is -2.75. The number of nitrogen functional groups attached to an aromatic ring is 1. The lowest BCUT2D eigenvalue weighted by Gasteiger charge is -2.07. The molecule has 1 heterocycles. The van der Waals surface area contributed by atoms with E-state index in [1.165, 1.54) is 13.0 Å². The SMILES string of the molecule is Cc1cc(N)c(C(=O)Cl)nc1C(F)F. The van der Waals surface area contributed by atoms with E-state index < -0.39 is 17.4 Å². The number of nitrogens with two attached hydrogens (primary N) is 1. The van der Waals surface area contributed by atoms with Crippen molar-refractivity contribution in [2.45, 2.75) is 13.3 Å². The van der Waals surface area contributed by atoms with Gasteiger partial charge in [0.25, 0.3) is 11.7 Å². The lowest BCUT2D eigenvalue weighted by atomic mass is 10.2. The zero-order valence-electron chi connectivity index (χ0n) is 7.22. The molecule has 0 aliphatic rings. The molecule has 1 aromatic rings. The van der Waals surface area contributed by atoms with E-state index in [2.05, 4.69) is 4.98 Å². The molecule has 0 aromatic carbocycles. The first kappa shape index (κ1) is 10.8. The van der Waals surface area contributed by atoms with Crippen LogP contribution in [0.3, 0.4) is 0 Å². The number of aryl methyl sites for hydroxylation is 1. The summed E-state index contributed by atoms with van der Waals surface area (Å²) in [6.45, 7) is 1.44. The highest BCUT2D eigenvalue weighted by molar-refractivity contribution is 6.68. The van der Waals surface area contributed by atoms with Gasteiger partial charge in [-0.3, -0.25) is 4.79 Å². The van der Waals surface area contributed by atoms with Gasteiger partial charge in [0.1, 0.15) is 11.4 Å². The van der Waals surface area contributed by atoms with E-state index in [-0.39, 0.29) is 16.9 Å². The number of alkyl halides is 2. The van der Waals surface area contributed by atoms with Gasteiger partial charge in [-0.25, -0.2) is 13.8 Å². The topological polar surface area (TPSA) is 56.0 Å². The summed E-state index contributed by atoms with van der Waals surface area (Å²) in [4.78, 5) is 14.1. The third kappa shape index (κ3) is 1.98. The van der Waals surface area contributed by atoms with Crippen molar-refractivity contribution in [3.8, 4) is 0 Å². The molecule has 1 aromatic heterocycles. The van der Waals surface area contributed by atoms with Crippen LogP contribution in [0.2, 0.25) is 0 Å². The molecule has 1 rings (SSSR count). The van der Waals surface area contributed by atoms with Gasteiger partial charge in [-0.15, -0.1) is 0 Å². The monoisotopic (exact) mass is 220 g/mol. The average molecular weight is 221 g/mol. The van der Waals surface area contributed by atoms with E-state index in [0.717, 1.165) is 0 Å². The van der Waals surface area contributed by atoms with Gasteiger partial charge in [0.15, 0.2) is 0 Å². The molecular weight excluding hydrogens is 214 g/mol.